The van der Waals surface area contributed by atoms with Crippen LogP contribution >= 0.6 is 15.9 Å². The molecule has 0 spiro atoms. The van der Waals surface area contributed by atoms with E-state index in [1.807, 2.05) is 20.8 Å². The molecule has 0 bridgehead atoms. The van der Waals surface area contributed by atoms with Gasteiger partial charge in [0.1, 0.15) is 5.82 Å². The van der Waals surface area contributed by atoms with E-state index in [1.54, 1.807) is 0 Å². The van der Waals surface area contributed by atoms with E-state index in [-0.39, 0.29) is 22.1 Å². The topological polar surface area (TPSA) is 55.2 Å². The van der Waals surface area contributed by atoms with Crippen molar-refractivity contribution in [2.24, 2.45) is 0 Å². The van der Waals surface area contributed by atoms with Crippen LogP contribution < -0.4 is 5.32 Å². The Labute approximate surface area is 120 Å². The van der Waals surface area contributed by atoms with E-state index >= 15 is 0 Å². The van der Waals surface area contributed by atoms with Crippen LogP contribution in [-0.4, -0.2) is 17.5 Å². The maximum atomic E-state index is 13.6. The summed E-state index contributed by atoms with van der Waals surface area (Å²) in [5.41, 5.74) is 0.368. The van der Waals surface area contributed by atoms with E-state index in [9.17, 15) is 14.5 Å². The molecule has 0 saturated heterocycles. The standard InChI is InChI=1S/C13H18BrFN2O2/c1-4-5-16-9(3)8(2)10-6-12(15)11(14)7-13(10)17(18)19/h6-9,16H,4-5H2,1-3H3. The lowest BCUT2D eigenvalue weighted by atomic mass is 9.92. The van der Waals surface area contributed by atoms with Gasteiger partial charge in [-0.15, -0.1) is 0 Å². The Morgan fingerprint density at radius 3 is 2.63 bits per heavy atom. The first kappa shape index (κ1) is 16.0. The van der Waals surface area contributed by atoms with Gasteiger partial charge in [0.15, 0.2) is 0 Å². The maximum Gasteiger partial charge on any atom is 0.274 e. The van der Waals surface area contributed by atoms with E-state index in [0.29, 0.717) is 5.56 Å². The number of rotatable bonds is 6. The van der Waals surface area contributed by atoms with Crippen LogP contribution in [0.25, 0.3) is 0 Å². The normalized spacial score (nSPS) is 14.2. The molecule has 0 heterocycles. The smallest absolute Gasteiger partial charge is 0.274 e. The van der Waals surface area contributed by atoms with Gasteiger partial charge in [0.2, 0.25) is 0 Å². The zero-order valence-corrected chi connectivity index (χ0v) is 12.8. The van der Waals surface area contributed by atoms with Crippen molar-refractivity contribution in [3.05, 3.63) is 38.1 Å². The number of nitro groups is 1. The van der Waals surface area contributed by atoms with Gasteiger partial charge >= 0.3 is 0 Å². The van der Waals surface area contributed by atoms with E-state index in [2.05, 4.69) is 21.2 Å². The molecule has 19 heavy (non-hydrogen) atoms. The number of hydrogen-bond acceptors (Lipinski definition) is 3. The summed E-state index contributed by atoms with van der Waals surface area (Å²) in [6.07, 6.45) is 0.980. The molecule has 0 aliphatic rings. The van der Waals surface area contributed by atoms with Gasteiger partial charge in [-0.2, -0.15) is 0 Å². The molecule has 0 aromatic heterocycles. The molecule has 1 N–H and O–H groups in total. The van der Waals surface area contributed by atoms with Gasteiger partial charge in [-0.05, 0) is 41.9 Å². The first-order chi connectivity index (χ1) is 8.88. The minimum absolute atomic E-state index is 0.0409. The summed E-state index contributed by atoms with van der Waals surface area (Å²) in [5.74, 6) is -0.621. The van der Waals surface area contributed by atoms with Crippen molar-refractivity contribution >= 4 is 21.6 Å². The Balaban J connectivity index is 3.10. The number of halogens is 2. The number of nitro benzene ring substituents is 1. The summed E-state index contributed by atoms with van der Waals surface area (Å²) < 4.78 is 13.7. The third-order valence-electron chi connectivity index (χ3n) is 3.22. The van der Waals surface area contributed by atoms with Crippen molar-refractivity contribution in [3.63, 3.8) is 0 Å². The molecule has 1 rings (SSSR count). The van der Waals surface area contributed by atoms with Crippen LogP contribution in [-0.2, 0) is 0 Å². The van der Waals surface area contributed by atoms with E-state index in [4.69, 9.17) is 0 Å². The molecule has 0 fully saturated rings. The fourth-order valence-corrected chi connectivity index (χ4v) is 2.22. The fraction of sp³-hybridized carbons (Fsp3) is 0.538. The molecular weight excluding hydrogens is 315 g/mol. The van der Waals surface area contributed by atoms with Crippen molar-refractivity contribution in [1.29, 1.82) is 0 Å². The molecule has 1 aromatic carbocycles. The molecule has 0 radical (unpaired) electrons. The third kappa shape index (κ3) is 3.98. The van der Waals surface area contributed by atoms with Gasteiger partial charge in [-0.1, -0.05) is 13.8 Å². The van der Waals surface area contributed by atoms with Crippen LogP contribution in [0.15, 0.2) is 16.6 Å². The van der Waals surface area contributed by atoms with Crippen LogP contribution in [0.1, 0.15) is 38.7 Å². The zero-order chi connectivity index (χ0) is 14.6. The first-order valence-electron chi connectivity index (χ1n) is 6.25. The highest BCUT2D eigenvalue weighted by Gasteiger charge is 2.25. The molecular formula is C13H18BrFN2O2. The second kappa shape index (κ2) is 6.96. The monoisotopic (exact) mass is 332 g/mol. The van der Waals surface area contributed by atoms with Gasteiger partial charge in [-0.3, -0.25) is 10.1 Å². The van der Waals surface area contributed by atoms with Crippen LogP contribution in [0.4, 0.5) is 10.1 Å². The number of hydrogen-bond donors (Lipinski definition) is 1. The molecule has 2 unspecified atom stereocenters. The highest BCUT2D eigenvalue weighted by Crippen LogP contribution is 2.33. The first-order valence-corrected chi connectivity index (χ1v) is 7.04. The highest BCUT2D eigenvalue weighted by molar-refractivity contribution is 9.10. The molecule has 0 aliphatic carbocycles. The Morgan fingerprint density at radius 1 is 1.47 bits per heavy atom. The number of nitrogens with zero attached hydrogens (tertiary/aromatic N) is 1. The molecule has 4 nitrogen and oxygen atoms in total. The SMILES string of the molecule is CCCNC(C)C(C)c1cc(F)c(Br)cc1[N+](=O)[O-]. The number of benzene rings is 1. The molecule has 0 aliphatic heterocycles. The lowest BCUT2D eigenvalue weighted by molar-refractivity contribution is -0.385. The average Bonchev–Trinajstić information content (AvgIpc) is 2.37. The number of nitrogens with one attached hydrogen (secondary N) is 1. The van der Waals surface area contributed by atoms with Crippen LogP contribution in [0.3, 0.4) is 0 Å². The van der Waals surface area contributed by atoms with Crippen molar-refractivity contribution in [2.75, 3.05) is 6.54 Å². The quantitative estimate of drug-likeness (QED) is 0.633. The molecule has 2 atom stereocenters. The maximum absolute atomic E-state index is 13.6. The van der Waals surface area contributed by atoms with Gasteiger partial charge in [0.25, 0.3) is 5.69 Å². The van der Waals surface area contributed by atoms with Crippen molar-refractivity contribution in [2.45, 2.75) is 39.2 Å². The predicted octanol–water partition coefficient (Wildman–Crippen LogP) is 3.99. The van der Waals surface area contributed by atoms with Crippen molar-refractivity contribution in [1.82, 2.24) is 5.32 Å². The minimum atomic E-state index is -0.477. The average molecular weight is 333 g/mol. The lowest BCUT2D eigenvalue weighted by Gasteiger charge is -2.21. The van der Waals surface area contributed by atoms with Crippen molar-refractivity contribution < 1.29 is 9.31 Å². The zero-order valence-electron chi connectivity index (χ0n) is 11.2. The van der Waals surface area contributed by atoms with Gasteiger partial charge in [0.05, 0.1) is 9.40 Å². The van der Waals surface area contributed by atoms with Gasteiger partial charge in [-0.25, -0.2) is 4.39 Å². The predicted molar refractivity (Wildman–Crippen MR) is 76.9 cm³/mol. The van der Waals surface area contributed by atoms with E-state index in [1.165, 1.54) is 12.1 Å². The van der Waals surface area contributed by atoms with Crippen molar-refractivity contribution in [3.8, 4) is 0 Å². The molecule has 0 saturated carbocycles. The Kier molecular flexibility index (Phi) is 5.87. The second-order valence-corrected chi connectivity index (χ2v) is 5.47. The summed E-state index contributed by atoms with van der Waals surface area (Å²) in [6, 6.07) is 2.52. The molecule has 0 amide bonds. The molecule has 6 heteroatoms. The van der Waals surface area contributed by atoms with E-state index < -0.39 is 10.7 Å². The summed E-state index contributed by atoms with van der Waals surface area (Å²) in [4.78, 5) is 10.6. The summed E-state index contributed by atoms with van der Waals surface area (Å²) in [5, 5.41) is 14.3. The largest absolute Gasteiger partial charge is 0.314 e. The Morgan fingerprint density at radius 2 is 2.11 bits per heavy atom. The summed E-state index contributed by atoms with van der Waals surface area (Å²) >= 11 is 2.98. The van der Waals surface area contributed by atoms with Gasteiger partial charge < -0.3 is 5.32 Å². The molecule has 1 aromatic rings. The Hall–Kier alpha value is -1.01. The second-order valence-electron chi connectivity index (χ2n) is 4.61. The van der Waals surface area contributed by atoms with Crippen LogP contribution in [0.2, 0.25) is 0 Å². The van der Waals surface area contributed by atoms with Crippen LogP contribution in [0.5, 0.6) is 0 Å². The van der Waals surface area contributed by atoms with E-state index in [0.717, 1.165) is 13.0 Å². The lowest BCUT2D eigenvalue weighted by Crippen LogP contribution is -2.31. The summed E-state index contributed by atoms with van der Waals surface area (Å²) in [7, 11) is 0. The Bertz CT molecular complexity index is 468. The fourth-order valence-electron chi connectivity index (χ4n) is 1.89. The summed E-state index contributed by atoms with van der Waals surface area (Å²) in [6.45, 7) is 6.69. The third-order valence-corrected chi connectivity index (χ3v) is 3.83. The van der Waals surface area contributed by atoms with Crippen LogP contribution in [0, 0.1) is 15.9 Å². The molecule has 106 valence electrons. The highest BCUT2D eigenvalue weighted by atomic mass is 79.9. The van der Waals surface area contributed by atoms with Gasteiger partial charge in [0, 0.05) is 23.6 Å². The minimum Gasteiger partial charge on any atom is -0.314 e.